The number of nitrogens with one attached hydrogen (secondary N) is 1. The smallest absolute Gasteiger partial charge is 0.325 e. The summed E-state index contributed by atoms with van der Waals surface area (Å²) in [7, 11) is 2.78. The molecule has 0 aliphatic heterocycles. The van der Waals surface area contributed by atoms with E-state index in [2.05, 4.69) is 10.1 Å². The standard InChI is InChI=1S/C11H14N2O4S/c1-7(14)12-9-5-4-8(18-9)11(16)13(2)6-10(15)17-3/h4-5H,6H2,1-3H3,(H,12,14). The summed E-state index contributed by atoms with van der Waals surface area (Å²) in [6, 6.07) is 3.25. The van der Waals surface area contributed by atoms with Crippen molar-refractivity contribution >= 4 is 34.1 Å². The van der Waals surface area contributed by atoms with Crippen molar-refractivity contribution < 1.29 is 19.1 Å². The molecule has 0 fully saturated rings. The van der Waals surface area contributed by atoms with Crippen LogP contribution < -0.4 is 5.32 Å². The van der Waals surface area contributed by atoms with Crippen LogP contribution in [0.4, 0.5) is 5.00 Å². The van der Waals surface area contributed by atoms with Crippen LogP contribution in [0.25, 0.3) is 0 Å². The Hall–Kier alpha value is -1.89. The first-order valence-corrected chi connectivity index (χ1v) is 5.95. The molecule has 98 valence electrons. The van der Waals surface area contributed by atoms with Gasteiger partial charge in [-0.15, -0.1) is 11.3 Å². The van der Waals surface area contributed by atoms with Gasteiger partial charge in [0, 0.05) is 14.0 Å². The number of thiophene rings is 1. The molecule has 2 amide bonds. The fraction of sp³-hybridized carbons (Fsp3) is 0.364. The van der Waals surface area contributed by atoms with Gasteiger partial charge in [-0.1, -0.05) is 0 Å². The fourth-order valence-electron chi connectivity index (χ4n) is 1.21. The molecule has 18 heavy (non-hydrogen) atoms. The van der Waals surface area contributed by atoms with Crippen molar-refractivity contribution in [2.75, 3.05) is 26.0 Å². The van der Waals surface area contributed by atoms with Crippen LogP contribution in [0.2, 0.25) is 0 Å². The molecule has 0 bridgehead atoms. The Balaban J connectivity index is 2.69. The normalized spacial score (nSPS) is 9.72. The molecular formula is C11H14N2O4S. The van der Waals surface area contributed by atoms with Crippen LogP contribution in [-0.4, -0.2) is 43.4 Å². The fourth-order valence-corrected chi connectivity index (χ4v) is 2.16. The lowest BCUT2D eigenvalue weighted by Gasteiger charge is -2.14. The Labute approximate surface area is 109 Å². The quantitative estimate of drug-likeness (QED) is 0.827. The number of carbonyl (C=O) groups is 3. The summed E-state index contributed by atoms with van der Waals surface area (Å²) < 4.78 is 4.48. The molecule has 0 aliphatic carbocycles. The Morgan fingerprint density at radius 2 is 2.06 bits per heavy atom. The van der Waals surface area contributed by atoms with Crippen molar-refractivity contribution in [1.29, 1.82) is 0 Å². The van der Waals surface area contributed by atoms with Gasteiger partial charge in [0.1, 0.15) is 6.54 Å². The number of methoxy groups -OCH3 is 1. The molecule has 1 aromatic heterocycles. The number of hydrogen-bond acceptors (Lipinski definition) is 5. The van der Waals surface area contributed by atoms with E-state index in [1.165, 1.54) is 26.0 Å². The van der Waals surface area contributed by atoms with E-state index in [9.17, 15) is 14.4 Å². The molecule has 0 aromatic carbocycles. The highest BCUT2D eigenvalue weighted by atomic mass is 32.1. The minimum Gasteiger partial charge on any atom is -0.468 e. The van der Waals surface area contributed by atoms with Crippen molar-refractivity contribution in [3.8, 4) is 0 Å². The summed E-state index contributed by atoms with van der Waals surface area (Å²) in [6.07, 6.45) is 0. The second-order valence-electron chi connectivity index (χ2n) is 3.58. The topological polar surface area (TPSA) is 75.7 Å². The van der Waals surface area contributed by atoms with E-state index >= 15 is 0 Å². The molecule has 1 heterocycles. The van der Waals surface area contributed by atoms with Crippen LogP contribution in [0.15, 0.2) is 12.1 Å². The Bertz CT molecular complexity index is 469. The van der Waals surface area contributed by atoms with E-state index in [0.29, 0.717) is 9.88 Å². The zero-order valence-electron chi connectivity index (χ0n) is 10.4. The number of anilines is 1. The summed E-state index contributed by atoms with van der Waals surface area (Å²) in [5.41, 5.74) is 0. The SMILES string of the molecule is COC(=O)CN(C)C(=O)c1ccc(NC(C)=O)s1. The van der Waals surface area contributed by atoms with E-state index in [4.69, 9.17) is 0 Å². The predicted octanol–water partition coefficient (Wildman–Crippen LogP) is 0.951. The van der Waals surface area contributed by atoms with Crippen LogP contribution in [0, 0.1) is 0 Å². The highest BCUT2D eigenvalue weighted by Gasteiger charge is 2.17. The van der Waals surface area contributed by atoms with Gasteiger partial charge in [-0.3, -0.25) is 14.4 Å². The molecular weight excluding hydrogens is 256 g/mol. The van der Waals surface area contributed by atoms with Crippen molar-refractivity contribution in [2.45, 2.75) is 6.92 Å². The average molecular weight is 270 g/mol. The molecule has 0 saturated carbocycles. The van der Waals surface area contributed by atoms with Gasteiger partial charge in [0.15, 0.2) is 0 Å². The molecule has 0 radical (unpaired) electrons. The molecule has 0 unspecified atom stereocenters. The monoisotopic (exact) mass is 270 g/mol. The third kappa shape index (κ3) is 3.85. The second kappa shape index (κ2) is 6.15. The number of likely N-dealkylation sites (N-methyl/N-ethyl adjacent to an activating group) is 1. The number of ether oxygens (including phenoxy) is 1. The molecule has 1 N–H and O–H groups in total. The largest absolute Gasteiger partial charge is 0.468 e. The lowest BCUT2D eigenvalue weighted by Crippen LogP contribution is -2.32. The summed E-state index contributed by atoms with van der Waals surface area (Å²) in [5, 5.41) is 3.18. The Kier molecular flexibility index (Phi) is 4.85. The molecule has 1 aromatic rings. The maximum absolute atomic E-state index is 11.9. The van der Waals surface area contributed by atoms with Crippen LogP contribution in [-0.2, 0) is 14.3 Å². The first-order chi connectivity index (χ1) is 8.43. The second-order valence-corrected chi connectivity index (χ2v) is 4.67. The lowest BCUT2D eigenvalue weighted by atomic mass is 10.4. The zero-order chi connectivity index (χ0) is 13.7. The summed E-state index contributed by atoms with van der Waals surface area (Å²) in [5.74, 6) is -0.967. The molecule has 0 spiro atoms. The van der Waals surface area contributed by atoms with Crippen LogP contribution >= 0.6 is 11.3 Å². The number of carbonyl (C=O) groups excluding carboxylic acids is 3. The van der Waals surface area contributed by atoms with Gasteiger partial charge in [0.2, 0.25) is 5.91 Å². The maximum Gasteiger partial charge on any atom is 0.325 e. The summed E-state index contributed by atoms with van der Waals surface area (Å²) >= 11 is 1.16. The van der Waals surface area contributed by atoms with Gasteiger partial charge in [-0.05, 0) is 12.1 Å². The van der Waals surface area contributed by atoms with Crippen molar-refractivity contribution in [2.24, 2.45) is 0 Å². The molecule has 0 atom stereocenters. The molecule has 0 aliphatic rings. The first-order valence-electron chi connectivity index (χ1n) is 5.13. The van der Waals surface area contributed by atoms with Gasteiger partial charge < -0.3 is 15.0 Å². The van der Waals surface area contributed by atoms with Crippen LogP contribution in [0.3, 0.4) is 0 Å². The average Bonchev–Trinajstić information content (AvgIpc) is 2.75. The van der Waals surface area contributed by atoms with Crippen molar-refractivity contribution in [1.82, 2.24) is 4.90 Å². The minimum atomic E-state index is -0.482. The third-order valence-corrected chi connectivity index (χ3v) is 3.05. The number of esters is 1. The first kappa shape index (κ1) is 14.2. The van der Waals surface area contributed by atoms with Gasteiger partial charge in [-0.25, -0.2) is 0 Å². The Morgan fingerprint density at radius 1 is 1.39 bits per heavy atom. The molecule has 1 rings (SSSR count). The van der Waals surface area contributed by atoms with Gasteiger partial charge in [-0.2, -0.15) is 0 Å². The van der Waals surface area contributed by atoms with E-state index in [1.807, 2.05) is 0 Å². The zero-order valence-corrected chi connectivity index (χ0v) is 11.2. The van der Waals surface area contributed by atoms with Crippen molar-refractivity contribution in [3.05, 3.63) is 17.0 Å². The number of amides is 2. The predicted molar refractivity (Wildman–Crippen MR) is 67.6 cm³/mol. The minimum absolute atomic E-state index is 0.108. The van der Waals surface area contributed by atoms with Crippen LogP contribution in [0.5, 0.6) is 0 Å². The number of nitrogens with zero attached hydrogens (tertiary/aromatic N) is 1. The molecule has 6 nitrogen and oxygen atoms in total. The van der Waals surface area contributed by atoms with Gasteiger partial charge >= 0.3 is 5.97 Å². The summed E-state index contributed by atoms with van der Waals surface area (Å²) in [6.45, 7) is 1.29. The third-order valence-electron chi connectivity index (χ3n) is 2.06. The molecule has 7 heteroatoms. The van der Waals surface area contributed by atoms with E-state index in [-0.39, 0.29) is 18.4 Å². The Morgan fingerprint density at radius 3 is 2.61 bits per heavy atom. The molecule has 0 saturated heterocycles. The summed E-state index contributed by atoms with van der Waals surface area (Å²) in [4.78, 5) is 35.5. The van der Waals surface area contributed by atoms with Crippen LogP contribution in [0.1, 0.15) is 16.6 Å². The number of hydrogen-bond donors (Lipinski definition) is 1. The van der Waals surface area contributed by atoms with Gasteiger partial charge in [0.25, 0.3) is 5.91 Å². The van der Waals surface area contributed by atoms with E-state index < -0.39 is 5.97 Å². The highest BCUT2D eigenvalue weighted by Crippen LogP contribution is 2.22. The number of rotatable bonds is 4. The lowest BCUT2D eigenvalue weighted by molar-refractivity contribution is -0.141. The highest BCUT2D eigenvalue weighted by molar-refractivity contribution is 7.18. The van der Waals surface area contributed by atoms with Crippen molar-refractivity contribution in [3.63, 3.8) is 0 Å². The van der Waals surface area contributed by atoms with E-state index in [1.54, 1.807) is 12.1 Å². The van der Waals surface area contributed by atoms with Gasteiger partial charge in [0.05, 0.1) is 17.0 Å². The maximum atomic E-state index is 11.9. The van der Waals surface area contributed by atoms with E-state index in [0.717, 1.165) is 11.3 Å².